The van der Waals surface area contributed by atoms with Gasteiger partial charge in [0.25, 0.3) is 0 Å². The maximum atomic E-state index is 4.09. The van der Waals surface area contributed by atoms with Crippen molar-refractivity contribution >= 4 is 0 Å². The molecule has 1 rings (SSSR count). The van der Waals surface area contributed by atoms with Crippen LogP contribution in [0.4, 0.5) is 0 Å². The van der Waals surface area contributed by atoms with E-state index in [0.29, 0.717) is 0 Å². The van der Waals surface area contributed by atoms with Gasteiger partial charge in [-0.2, -0.15) is 0 Å². The van der Waals surface area contributed by atoms with E-state index in [0.717, 1.165) is 5.92 Å². The molecular weight excluding hydrogens is 158 g/mol. The summed E-state index contributed by atoms with van der Waals surface area (Å²) >= 11 is 0. The van der Waals surface area contributed by atoms with E-state index in [9.17, 15) is 0 Å². The summed E-state index contributed by atoms with van der Waals surface area (Å²) in [6, 6.07) is 2.13. The zero-order valence-corrected chi connectivity index (χ0v) is 8.88. The predicted molar refractivity (Wildman–Crippen MR) is 56.8 cm³/mol. The van der Waals surface area contributed by atoms with E-state index in [2.05, 4.69) is 31.8 Å². The van der Waals surface area contributed by atoms with Crippen molar-refractivity contribution in [3.63, 3.8) is 0 Å². The Labute approximate surface area is 81.2 Å². The van der Waals surface area contributed by atoms with Crippen LogP contribution in [0.25, 0.3) is 0 Å². The molecule has 0 fully saturated rings. The molecule has 0 N–H and O–H groups in total. The molecule has 0 saturated heterocycles. The van der Waals surface area contributed by atoms with Crippen molar-refractivity contribution < 1.29 is 0 Å². The lowest BCUT2D eigenvalue weighted by molar-refractivity contribution is 0.555. The second-order valence-corrected chi connectivity index (χ2v) is 4.09. The molecule has 0 aliphatic heterocycles. The molecule has 0 saturated carbocycles. The van der Waals surface area contributed by atoms with Gasteiger partial charge in [-0.3, -0.25) is 4.98 Å². The van der Waals surface area contributed by atoms with Crippen molar-refractivity contribution in [2.45, 2.75) is 40.0 Å². The number of pyridine rings is 1. The highest BCUT2D eigenvalue weighted by Crippen LogP contribution is 2.12. The van der Waals surface area contributed by atoms with Crippen molar-refractivity contribution in [2.24, 2.45) is 5.92 Å². The fourth-order valence-corrected chi connectivity index (χ4v) is 1.48. The molecule has 0 spiro atoms. The van der Waals surface area contributed by atoms with Crippen LogP contribution in [-0.4, -0.2) is 4.98 Å². The van der Waals surface area contributed by atoms with Crippen molar-refractivity contribution in [1.82, 2.24) is 4.98 Å². The molecule has 13 heavy (non-hydrogen) atoms. The monoisotopic (exact) mass is 177 g/mol. The maximum absolute atomic E-state index is 4.09. The second-order valence-electron chi connectivity index (χ2n) is 4.09. The highest BCUT2D eigenvalue weighted by Gasteiger charge is 1.98. The normalized spacial score (nSPS) is 10.8. The van der Waals surface area contributed by atoms with E-state index >= 15 is 0 Å². The summed E-state index contributed by atoms with van der Waals surface area (Å²) in [4.78, 5) is 4.09. The number of nitrogens with zero attached hydrogens (tertiary/aromatic N) is 1. The van der Waals surface area contributed by atoms with Crippen molar-refractivity contribution in [3.05, 3.63) is 29.6 Å². The summed E-state index contributed by atoms with van der Waals surface area (Å²) in [5.41, 5.74) is 2.78. The minimum Gasteiger partial charge on any atom is -0.264 e. The average molecular weight is 177 g/mol. The third kappa shape index (κ3) is 3.58. The highest BCUT2D eigenvalue weighted by molar-refractivity contribution is 5.21. The van der Waals surface area contributed by atoms with Gasteiger partial charge in [0.15, 0.2) is 0 Å². The van der Waals surface area contributed by atoms with Gasteiger partial charge in [-0.15, -0.1) is 0 Å². The summed E-state index contributed by atoms with van der Waals surface area (Å²) in [6.45, 7) is 6.69. The zero-order valence-electron chi connectivity index (χ0n) is 8.88. The van der Waals surface area contributed by atoms with E-state index in [1.54, 1.807) is 0 Å². The largest absolute Gasteiger partial charge is 0.264 e. The van der Waals surface area contributed by atoms with Gasteiger partial charge in [-0.05, 0) is 42.9 Å². The van der Waals surface area contributed by atoms with Crippen LogP contribution in [0.2, 0.25) is 0 Å². The lowest BCUT2D eigenvalue weighted by atomic mass is 10.0. The van der Waals surface area contributed by atoms with Crippen molar-refractivity contribution in [3.8, 4) is 0 Å². The van der Waals surface area contributed by atoms with Gasteiger partial charge in [0, 0.05) is 12.4 Å². The standard InChI is InChI=1S/C12H19N/c1-10(2)5-4-6-12-7-8-13-9-11(12)3/h7-10H,4-6H2,1-3H3. The minimum atomic E-state index is 0.821. The number of hydrogen-bond donors (Lipinski definition) is 0. The van der Waals surface area contributed by atoms with Gasteiger partial charge in [0.1, 0.15) is 0 Å². The highest BCUT2D eigenvalue weighted by atomic mass is 14.6. The van der Waals surface area contributed by atoms with Crippen LogP contribution in [0.15, 0.2) is 18.5 Å². The first kappa shape index (κ1) is 10.2. The number of hydrogen-bond acceptors (Lipinski definition) is 1. The number of aryl methyl sites for hydroxylation is 2. The Morgan fingerprint density at radius 3 is 2.77 bits per heavy atom. The summed E-state index contributed by atoms with van der Waals surface area (Å²) in [5.74, 6) is 0.821. The Morgan fingerprint density at radius 1 is 1.38 bits per heavy atom. The molecule has 0 aromatic carbocycles. The molecule has 0 aliphatic rings. The number of rotatable bonds is 4. The lowest BCUT2D eigenvalue weighted by Gasteiger charge is -2.06. The first-order valence-corrected chi connectivity index (χ1v) is 5.09. The molecular formula is C12H19N. The smallest absolute Gasteiger partial charge is 0.0299 e. The Kier molecular flexibility index (Phi) is 3.94. The van der Waals surface area contributed by atoms with Crippen LogP contribution in [-0.2, 0) is 6.42 Å². The summed E-state index contributed by atoms with van der Waals surface area (Å²) in [5, 5.41) is 0. The van der Waals surface area contributed by atoms with Crippen LogP contribution >= 0.6 is 0 Å². The summed E-state index contributed by atoms with van der Waals surface area (Å²) in [7, 11) is 0. The SMILES string of the molecule is Cc1cnccc1CCCC(C)C. The molecule has 1 aromatic heterocycles. The zero-order chi connectivity index (χ0) is 9.68. The second kappa shape index (κ2) is 5.00. The quantitative estimate of drug-likeness (QED) is 0.687. The number of aromatic nitrogens is 1. The molecule has 0 amide bonds. The molecule has 72 valence electrons. The Morgan fingerprint density at radius 2 is 2.15 bits per heavy atom. The van der Waals surface area contributed by atoms with Crippen molar-refractivity contribution in [1.29, 1.82) is 0 Å². The van der Waals surface area contributed by atoms with E-state index in [-0.39, 0.29) is 0 Å². The van der Waals surface area contributed by atoms with E-state index in [1.807, 2.05) is 12.4 Å². The molecule has 1 nitrogen and oxygen atoms in total. The Balaban J connectivity index is 2.41. The van der Waals surface area contributed by atoms with Crippen molar-refractivity contribution in [2.75, 3.05) is 0 Å². The van der Waals surface area contributed by atoms with E-state index in [1.165, 1.54) is 30.4 Å². The predicted octanol–water partition coefficient (Wildman–Crippen LogP) is 3.37. The molecule has 0 radical (unpaired) electrons. The summed E-state index contributed by atoms with van der Waals surface area (Å²) in [6.07, 6.45) is 7.65. The summed E-state index contributed by atoms with van der Waals surface area (Å²) < 4.78 is 0. The fraction of sp³-hybridized carbons (Fsp3) is 0.583. The minimum absolute atomic E-state index is 0.821. The van der Waals surface area contributed by atoms with Gasteiger partial charge < -0.3 is 0 Å². The molecule has 1 heteroatoms. The molecule has 0 bridgehead atoms. The lowest BCUT2D eigenvalue weighted by Crippen LogP contribution is -1.93. The molecule has 0 aliphatic carbocycles. The van der Waals surface area contributed by atoms with Gasteiger partial charge in [0.05, 0.1) is 0 Å². The van der Waals surface area contributed by atoms with Gasteiger partial charge in [0.2, 0.25) is 0 Å². The van der Waals surface area contributed by atoms with E-state index in [4.69, 9.17) is 0 Å². The fourth-order valence-electron chi connectivity index (χ4n) is 1.48. The maximum Gasteiger partial charge on any atom is 0.0299 e. The molecule has 0 atom stereocenters. The first-order chi connectivity index (χ1) is 6.20. The van der Waals surface area contributed by atoms with E-state index < -0.39 is 0 Å². The average Bonchev–Trinajstić information content (AvgIpc) is 2.08. The topological polar surface area (TPSA) is 12.9 Å². The molecule has 1 aromatic rings. The van der Waals surface area contributed by atoms with Crippen LogP contribution < -0.4 is 0 Å². The van der Waals surface area contributed by atoms with Crippen LogP contribution in [0.5, 0.6) is 0 Å². The third-order valence-corrected chi connectivity index (χ3v) is 2.36. The van der Waals surface area contributed by atoms with Crippen LogP contribution in [0.3, 0.4) is 0 Å². The van der Waals surface area contributed by atoms with Crippen LogP contribution in [0.1, 0.15) is 37.8 Å². The molecule has 1 heterocycles. The van der Waals surface area contributed by atoms with Gasteiger partial charge in [-0.25, -0.2) is 0 Å². The Hall–Kier alpha value is -0.850. The molecule has 0 unspecified atom stereocenters. The third-order valence-electron chi connectivity index (χ3n) is 2.36. The van der Waals surface area contributed by atoms with Gasteiger partial charge in [-0.1, -0.05) is 20.3 Å². The van der Waals surface area contributed by atoms with Crippen LogP contribution in [0, 0.1) is 12.8 Å². The van der Waals surface area contributed by atoms with Gasteiger partial charge >= 0.3 is 0 Å². The Bertz CT molecular complexity index is 253. The first-order valence-electron chi connectivity index (χ1n) is 5.09.